The molecule has 28 heavy (non-hydrogen) atoms. The molecule has 4 aromatic rings. The summed E-state index contributed by atoms with van der Waals surface area (Å²) < 4.78 is 24.2. The zero-order valence-electron chi connectivity index (χ0n) is 14.7. The number of carbonyl (C=O) groups is 1. The average molecular weight is 379 g/mol. The van der Waals surface area contributed by atoms with Crippen LogP contribution in [0.3, 0.4) is 0 Å². The first-order valence-corrected chi connectivity index (χ1v) is 8.33. The third kappa shape index (κ3) is 3.93. The molecular weight excluding hydrogens is 365 g/mol. The maximum absolute atomic E-state index is 13.5. The predicted octanol–water partition coefficient (Wildman–Crippen LogP) is 3.43. The van der Waals surface area contributed by atoms with Crippen molar-refractivity contribution in [3.05, 3.63) is 66.3 Å². The molecule has 0 atom stereocenters. The van der Waals surface area contributed by atoms with E-state index in [0.29, 0.717) is 39.8 Å². The van der Waals surface area contributed by atoms with Crippen molar-refractivity contribution in [1.82, 2.24) is 20.1 Å². The van der Waals surface area contributed by atoms with Gasteiger partial charge in [-0.25, -0.2) is 14.4 Å². The van der Waals surface area contributed by atoms with Gasteiger partial charge in [0.1, 0.15) is 23.2 Å². The van der Waals surface area contributed by atoms with Gasteiger partial charge in [-0.2, -0.15) is 0 Å². The number of aryl methyl sites for hydroxylation is 1. The van der Waals surface area contributed by atoms with E-state index >= 15 is 0 Å². The SMILES string of the molecule is Cc1cc(NC(=O)Cc2ncc(Oc3ccnc4ccc(F)cc34)cn2)no1. The number of amides is 1. The molecule has 140 valence electrons. The summed E-state index contributed by atoms with van der Waals surface area (Å²) in [5.74, 6) is 1.32. The summed E-state index contributed by atoms with van der Waals surface area (Å²) in [6.45, 7) is 1.73. The van der Waals surface area contributed by atoms with Gasteiger partial charge >= 0.3 is 0 Å². The number of ether oxygens (including phenoxy) is 1. The van der Waals surface area contributed by atoms with Crippen LogP contribution in [-0.2, 0) is 11.2 Å². The number of benzene rings is 1. The predicted molar refractivity (Wildman–Crippen MR) is 97.4 cm³/mol. The average Bonchev–Trinajstić information content (AvgIpc) is 3.08. The molecule has 0 saturated heterocycles. The molecule has 0 aliphatic rings. The van der Waals surface area contributed by atoms with Gasteiger partial charge in [-0.05, 0) is 31.2 Å². The van der Waals surface area contributed by atoms with Crippen LogP contribution in [0.2, 0.25) is 0 Å². The van der Waals surface area contributed by atoms with E-state index in [9.17, 15) is 9.18 Å². The first-order valence-electron chi connectivity index (χ1n) is 8.33. The molecule has 0 aliphatic carbocycles. The van der Waals surface area contributed by atoms with Gasteiger partial charge in [0, 0.05) is 17.6 Å². The number of nitrogens with zero attached hydrogens (tertiary/aromatic N) is 4. The maximum atomic E-state index is 13.5. The van der Waals surface area contributed by atoms with Crippen LogP contribution in [0.4, 0.5) is 10.2 Å². The molecule has 3 heterocycles. The zero-order chi connectivity index (χ0) is 19.5. The fourth-order valence-electron chi connectivity index (χ4n) is 2.55. The fraction of sp³-hybridized carbons (Fsp3) is 0.105. The molecule has 4 rings (SSSR count). The smallest absolute Gasteiger partial charge is 0.233 e. The second-order valence-corrected chi connectivity index (χ2v) is 5.96. The Labute approximate surface area is 158 Å². The van der Waals surface area contributed by atoms with Gasteiger partial charge in [-0.15, -0.1) is 0 Å². The van der Waals surface area contributed by atoms with Crippen LogP contribution < -0.4 is 10.1 Å². The molecule has 0 radical (unpaired) electrons. The van der Waals surface area contributed by atoms with Crippen molar-refractivity contribution in [2.45, 2.75) is 13.3 Å². The summed E-state index contributed by atoms with van der Waals surface area (Å²) in [7, 11) is 0. The largest absolute Gasteiger partial charge is 0.453 e. The number of pyridine rings is 1. The number of rotatable bonds is 5. The lowest BCUT2D eigenvalue weighted by atomic mass is 10.2. The summed E-state index contributed by atoms with van der Waals surface area (Å²) in [6.07, 6.45) is 4.43. The normalized spacial score (nSPS) is 10.8. The highest BCUT2D eigenvalue weighted by Gasteiger charge is 2.10. The number of aromatic nitrogens is 4. The molecule has 1 aromatic carbocycles. The lowest BCUT2D eigenvalue weighted by molar-refractivity contribution is -0.115. The standard InChI is InChI=1S/C19H14FN5O3/c1-11-6-18(25-28-11)24-19(26)8-17-22-9-13(10-23-17)27-16-4-5-21-15-3-2-12(20)7-14(15)16/h2-7,9-10H,8H2,1H3,(H,24,25,26). The van der Waals surface area contributed by atoms with E-state index in [1.807, 2.05) is 0 Å². The molecule has 3 aromatic heterocycles. The van der Waals surface area contributed by atoms with Gasteiger partial charge in [0.05, 0.1) is 24.3 Å². The van der Waals surface area contributed by atoms with Crippen LogP contribution in [0, 0.1) is 12.7 Å². The third-order valence-electron chi connectivity index (χ3n) is 3.79. The highest BCUT2D eigenvalue weighted by atomic mass is 19.1. The van der Waals surface area contributed by atoms with E-state index in [2.05, 4.69) is 25.4 Å². The molecule has 0 bridgehead atoms. The summed E-state index contributed by atoms with van der Waals surface area (Å²) in [5.41, 5.74) is 0.608. The second-order valence-electron chi connectivity index (χ2n) is 5.96. The van der Waals surface area contributed by atoms with Crippen molar-refractivity contribution in [3.63, 3.8) is 0 Å². The minimum Gasteiger partial charge on any atom is -0.453 e. The number of anilines is 1. The lowest BCUT2D eigenvalue weighted by Crippen LogP contribution is -2.16. The number of hydrogen-bond acceptors (Lipinski definition) is 7. The molecule has 9 heteroatoms. The van der Waals surface area contributed by atoms with Crippen molar-refractivity contribution >= 4 is 22.6 Å². The number of hydrogen-bond donors (Lipinski definition) is 1. The monoisotopic (exact) mass is 379 g/mol. The Morgan fingerprint density at radius 3 is 2.75 bits per heavy atom. The molecule has 1 N–H and O–H groups in total. The first-order chi connectivity index (χ1) is 13.6. The number of fused-ring (bicyclic) bond motifs is 1. The van der Waals surface area contributed by atoms with Crippen LogP contribution in [0.5, 0.6) is 11.5 Å². The Morgan fingerprint density at radius 2 is 2.00 bits per heavy atom. The zero-order valence-corrected chi connectivity index (χ0v) is 14.7. The molecule has 1 amide bonds. The van der Waals surface area contributed by atoms with E-state index in [4.69, 9.17) is 9.26 Å². The van der Waals surface area contributed by atoms with Gasteiger partial charge in [-0.3, -0.25) is 9.78 Å². The van der Waals surface area contributed by atoms with Crippen molar-refractivity contribution in [1.29, 1.82) is 0 Å². The Bertz CT molecular complexity index is 1140. The quantitative estimate of drug-likeness (QED) is 0.566. The number of carbonyl (C=O) groups excluding carboxylic acids is 1. The van der Waals surface area contributed by atoms with Crippen molar-refractivity contribution < 1.29 is 18.4 Å². The van der Waals surface area contributed by atoms with Crippen molar-refractivity contribution in [3.8, 4) is 11.5 Å². The van der Waals surface area contributed by atoms with Crippen molar-refractivity contribution in [2.75, 3.05) is 5.32 Å². The molecule has 0 fully saturated rings. The van der Waals surface area contributed by atoms with Crippen molar-refractivity contribution in [2.24, 2.45) is 0 Å². The molecular formula is C19H14FN5O3. The lowest BCUT2D eigenvalue weighted by Gasteiger charge is -2.08. The van der Waals surface area contributed by atoms with Crippen LogP contribution in [0.1, 0.15) is 11.6 Å². The Balaban J connectivity index is 1.45. The summed E-state index contributed by atoms with van der Waals surface area (Å²) in [6, 6.07) is 7.50. The summed E-state index contributed by atoms with van der Waals surface area (Å²) >= 11 is 0. The van der Waals surface area contributed by atoms with Crippen LogP contribution in [0.15, 0.2) is 53.4 Å². The molecule has 8 nitrogen and oxygen atoms in total. The van der Waals surface area contributed by atoms with E-state index in [-0.39, 0.29) is 18.1 Å². The van der Waals surface area contributed by atoms with Gasteiger partial charge in [0.25, 0.3) is 0 Å². The first kappa shape index (κ1) is 17.5. The highest BCUT2D eigenvalue weighted by molar-refractivity contribution is 5.90. The van der Waals surface area contributed by atoms with Gasteiger partial charge in [0.2, 0.25) is 5.91 Å². The van der Waals surface area contributed by atoms with Crippen LogP contribution in [0.25, 0.3) is 10.9 Å². The second kappa shape index (κ2) is 7.39. The topological polar surface area (TPSA) is 103 Å². The van der Waals surface area contributed by atoms with Gasteiger partial charge in [-0.1, -0.05) is 5.16 Å². The van der Waals surface area contributed by atoms with Crippen LogP contribution in [-0.4, -0.2) is 26.0 Å². The van der Waals surface area contributed by atoms with Gasteiger partial charge in [0.15, 0.2) is 11.6 Å². The molecule has 0 saturated carbocycles. The minimum atomic E-state index is -0.384. The fourth-order valence-corrected chi connectivity index (χ4v) is 2.55. The number of nitrogens with one attached hydrogen (secondary N) is 1. The van der Waals surface area contributed by atoms with Gasteiger partial charge < -0.3 is 14.6 Å². The van der Waals surface area contributed by atoms with E-state index in [1.165, 1.54) is 24.5 Å². The van der Waals surface area contributed by atoms with E-state index in [0.717, 1.165) is 0 Å². The Kier molecular flexibility index (Phi) is 4.63. The highest BCUT2D eigenvalue weighted by Crippen LogP contribution is 2.28. The molecule has 0 aliphatic heterocycles. The maximum Gasteiger partial charge on any atom is 0.233 e. The van der Waals surface area contributed by atoms with E-state index < -0.39 is 0 Å². The minimum absolute atomic E-state index is 0.0322. The third-order valence-corrected chi connectivity index (χ3v) is 3.79. The molecule has 0 spiro atoms. The Hall–Kier alpha value is -3.88. The molecule has 0 unspecified atom stereocenters. The number of halogens is 1. The Morgan fingerprint density at radius 1 is 1.18 bits per heavy atom. The van der Waals surface area contributed by atoms with E-state index in [1.54, 1.807) is 31.3 Å². The summed E-state index contributed by atoms with van der Waals surface area (Å²) in [5, 5.41) is 6.82. The van der Waals surface area contributed by atoms with Crippen LogP contribution >= 0.6 is 0 Å². The summed E-state index contributed by atoms with van der Waals surface area (Å²) in [4.78, 5) is 24.4.